The molecule has 0 spiro atoms. The third kappa shape index (κ3) is 3.84. The molecule has 3 aromatic rings. The molecule has 0 bridgehead atoms. The molecule has 1 aromatic carbocycles. The Hall–Kier alpha value is -2.47. The van der Waals surface area contributed by atoms with E-state index >= 15 is 0 Å². The zero-order chi connectivity index (χ0) is 16.2. The van der Waals surface area contributed by atoms with E-state index in [1.54, 1.807) is 23.9 Å². The maximum Gasteiger partial charge on any atom is 0.226 e. The normalized spacial score (nSPS) is 12.1. The lowest BCUT2D eigenvalue weighted by Crippen LogP contribution is -2.28. The Labute approximate surface area is 139 Å². The van der Waals surface area contributed by atoms with Gasteiger partial charge in [-0.3, -0.25) is 4.79 Å². The second-order valence-corrected chi connectivity index (χ2v) is 6.45. The van der Waals surface area contributed by atoms with Gasteiger partial charge in [0.25, 0.3) is 0 Å². The molecule has 2 heterocycles. The number of hydrogen-bond donors (Lipinski definition) is 1. The maximum atomic E-state index is 12.1. The first-order valence-electron chi connectivity index (χ1n) is 7.40. The van der Waals surface area contributed by atoms with Crippen molar-refractivity contribution in [2.24, 2.45) is 0 Å². The summed E-state index contributed by atoms with van der Waals surface area (Å²) in [5.41, 5.74) is 2.94. The first-order valence-corrected chi connectivity index (χ1v) is 8.28. The fourth-order valence-corrected chi connectivity index (χ4v) is 2.99. The van der Waals surface area contributed by atoms with E-state index in [0.717, 1.165) is 22.0 Å². The van der Waals surface area contributed by atoms with Crippen molar-refractivity contribution in [3.63, 3.8) is 0 Å². The van der Waals surface area contributed by atoms with Crippen LogP contribution in [0.15, 0.2) is 48.4 Å². The quantitative estimate of drug-likeness (QED) is 0.784. The van der Waals surface area contributed by atoms with Gasteiger partial charge in [-0.1, -0.05) is 12.1 Å². The van der Waals surface area contributed by atoms with E-state index in [9.17, 15) is 4.79 Å². The van der Waals surface area contributed by atoms with Gasteiger partial charge in [0.15, 0.2) is 0 Å². The lowest BCUT2D eigenvalue weighted by molar-refractivity contribution is -0.121. The molecular weight excluding hydrogens is 308 g/mol. The van der Waals surface area contributed by atoms with Crippen molar-refractivity contribution in [1.29, 1.82) is 0 Å². The fourth-order valence-electron chi connectivity index (χ4n) is 2.38. The van der Waals surface area contributed by atoms with Gasteiger partial charge in [0.1, 0.15) is 0 Å². The predicted molar refractivity (Wildman–Crippen MR) is 90.7 cm³/mol. The number of hydrogen-bond acceptors (Lipinski definition) is 4. The summed E-state index contributed by atoms with van der Waals surface area (Å²) in [5, 5.41) is 5.93. The monoisotopic (exact) mass is 326 g/mol. The first-order chi connectivity index (χ1) is 11.1. The number of carbonyl (C=O) groups is 1. The second kappa shape index (κ2) is 6.75. The summed E-state index contributed by atoms with van der Waals surface area (Å²) in [5.74, 6) is -0.0125. The van der Waals surface area contributed by atoms with Gasteiger partial charge >= 0.3 is 0 Å². The molecule has 5 nitrogen and oxygen atoms in total. The molecule has 118 valence electrons. The van der Waals surface area contributed by atoms with Crippen molar-refractivity contribution in [2.45, 2.75) is 26.3 Å². The molecule has 0 radical (unpaired) electrons. The average Bonchev–Trinajstić information content (AvgIpc) is 3.19. The molecular formula is C17H18N4OS. The number of carbonyl (C=O) groups excluding carboxylic acids is 1. The highest BCUT2D eigenvalue weighted by Crippen LogP contribution is 2.16. The number of aromatic nitrogens is 3. The van der Waals surface area contributed by atoms with Gasteiger partial charge in [-0.05, 0) is 31.5 Å². The SMILES string of the molecule is Cc1nc(CC(=O)N[C@H](C)c2ccc(-n3ccnc3)cc2)cs1. The molecule has 0 aliphatic carbocycles. The summed E-state index contributed by atoms with van der Waals surface area (Å²) in [6.45, 7) is 3.92. The summed E-state index contributed by atoms with van der Waals surface area (Å²) in [6, 6.07) is 8.03. The van der Waals surface area contributed by atoms with Crippen LogP contribution in [0.3, 0.4) is 0 Å². The molecule has 0 aliphatic rings. The highest BCUT2D eigenvalue weighted by atomic mass is 32.1. The number of benzene rings is 1. The summed E-state index contributed by atoms with van der Waals surface area (Å²) in [4.78, 5) is 20.5. The highest BCUT2D eigenvalue weighted by Gasteiger charge is 2.11. The molecule has 1 amide bonds. The van der Waals surface area contributed by atoms with E-state index in [4.69, 9.17) is 0 Å². The van der Waals surface area contributed by atoms with E-state index in [2.05, 4.69) is 15.3 Å². The number of nitrogens with one attached hydrogen (secondary N) is 1. The Morgan fingerprint density at radius 3 is 2.74 bits per heavy atom. The minimum absolute atomic E-state index is 0.0125. The third-order valence-corrected chi connectivity index (χ3v) is 4.40. The third-order valence-electron chi connectivity index (χ3n) is 3.58. The smallest absolute Gasteiger partial charge is 0.226 e. The van der Waals surface area contributed by atoms with Crippen LogP contribution in [-0.2, 0) is 11.2 Å². The molecule has 23 heavy (non-hydrogen) atoms. The van der Waals surface area contributed by atoms with Crippen LogP contribution in [0.2, 0.25) is 0 Å². The molecule has 1 atom stereocenters. The van der Waals surface area contributed by atoms with Crippen LogP contribution >= 0.6 is 11.3 Å². The molecule has 0 saturated heterocycles. The lowest BCUT2D eigenvalue weighted by atomic mass is 10.1. The van der Waals surface area contributed by atoms with Gasteiger partial charge < -0.3 is 9.88 Å². The fraction of sp³-hybridized carbons (Fsp3) is 0.235. The maximum absolute atomic E-state index is 12.1. The standard InChI is InChI=1S/C17H18N4OS/c1-12(19-17(22)9-15-10-23-13(2)20-15)14-3-5-16(6-4-14)21-8-7-18-11-21/h3-8,10-12H,9H2,1-2H3,(H,19,22)/t12-/m1/s1. The molecule has 1 N–H and O–H groups in total. The number of nitrogens with zero attached hydrogens (tertiary/aromatic N) is 3. The number of rotatable bonds is 5. The van der Waals surface area contributed by atoms with Crippen LogP contribution in [0.4, 0.5) is 0 Å². The van der Waals surface area contributed by atoms with Crippen molar-refractivity contribution in [2.75, 3.05) is 0 Å². The van der Waals surface area contributed by atoms with Gasteiger partial charge in [-0.2, -0.15) is 0 Å². The average molecular weight is 326 g/mol. The van der Waals surface area contributed by atoms with Crippen LogP contribution < -0.4 is 5.32 Å². The molecule has 0 fully saturated rings. The van der Waals surface area contributed by atoms with Crippen molar-refractivity contribution in [3.05, 3.63) is 64.6 Å². The van der Waals surface area contributed by atoms with Crippen LogP contribution in [0.5, 0.6) is 0 Å². The summed E-state index contributed by atoms with van der Waals surface area (Å²) < 4.78 is 1.94. The van der Waals surface area contributed by atoms with Crippen LogP contribution in [0.25, 0.3) is 5.69 Å². The Balaban J connectivity index is 1.61. The zero-order valence-corrected chi connectivity index (χ0v) is 13.9. The number of amides is 1. The Morgan fingerprint density at radius 1 is 1.35 bits per heavy atom. The topological polar surface area (TPSA) is 59.8 Å². The summed E-state index contributed by atoms with van der Waals surface area (Å²) in [6.07, 6.45) is 5.73. The second-order valence-electron chi connectivity index (χ2n) is 5.39. The Morgan fingerprint density at radius 2 is 2.13 bits per heavy atom. The van der Waals surface area contributed by atoms with Crippen molar-refractivity contribution < 1.29 is 4.79 Å². The largest absolute Gasteiger partial charge is 0.349 e. The Bertz CT molecular complexity index is 777. The van der Waals surface area contributed by atoms with Gasteiger partial charge in [0, 0.05) is 23.5 Å². The van der Waals surface area contributed by atoms with E-state index in [1.165, 1.54) is 0 Å². The predicted octanol–water partition coefficient (Wildman–Crippen LogP) is 3.06. The molecule has 3 rings (SSSR count). The van der Waals surface area contributed by atoms with Crippen molar-refractivity contribution in [3.8, 4) is 5.69 Å². The molecule has 2 aromatic heterocycles. The number of imidazole rings is 1. The minimum Gasteiger partial charge on any atom is -0.349 e. The van der Waals surface area contributed by atoms with Gasteiger partial charge in [0.05, 0.1) is 29.5 Å². The van der Waals surface area contributed by atoms with E-state index in [0.29, 0.717) is 6.42 Å². The van der Waals surface area contributed by atoms with E-state index < -0.39 is 0 Å². The molecule has 6 heteroatoms. The van der Waals surface area contributed by atoms with Crippen molar-refractivity contribution >= 4 is 17.2 Å². The lowest BCUT2D eigenvalue weighted by Gasteiger charge is -2.14. The first kappa shape index (κ1) is 15.4. The molecule has 0 unspecified atom stereocenters. The van der Waals surface area contributed by atoms with Gasteiger partial charge in [-0.15, -0.1) is 11.3 Å². The number of aryl methyl sites for hydroxylation is 1. The Kier molecular flexibility index (Phi) is 4.52. The minimum atomic E-state index is -0.0425. The van der Waals surface area contributed by atoms with Gasteiger partial charge in [-0.25, -0.2) is 9.97 Å². The van der Waals surface area contributed by atoms with Gasteiger partial charge in [0.2, 0.25) is 5.91 Å². The van der Waals surface area contributed by atoms with Crippen LogP contribution in [0, 0.1) is 6.92 Å². The van der Waals surface area contributed by atoms with Crippen molar-refractivity contribution in [1.82, 2.24) is 19.9 Å². The zero-order valence-electron chi connectivity index (χ0n) is 13.1. The van der Waals surface area contributed by atoms with E-state index in [-0.39, 0.29) is 11.9 Å². The van der Waals surface area contributed by atoms with Crippen LogP contribution in [-0.4, -0.2) is 20.4 Å². The summed E-state index contributed by atoms with van der Waals surface area (Å²) >= 11 is 1.56. The summed E-state index contributed by atoms with van der Waals surface area (Å²) in [7, 11) is 0. The molecule has 0 saturated carbocycles. The van der Waals surface area contributed by atoms with E-state index in [1.807, 2.05) is 54.3 Å². The highest BCUT2D eigenvalue weighted by molar-refractivity contribution is 7.09. The molecule has 0 aliphatic heterocycles. The van der Waals surface area contributed by atoms with Crippen LogP contribution in [0.1, 0.15) is 29.2 Å². The number of thiazole rings is 1.